The highest BCUT2D eigenvalue weighted by molar-refractivity contribution is 5.27. The smallest absolute Gasteiger partial charge is 0.157 e. The van der Waals surface area contributed by atoms with E-state index in [2.05, 4.69) is 56.4 Å². The lowest BCUT2D eigenvalue weighted by molar-refractivity contribution is -0.704. The summed E-state index contributed by atoms with van der Waals surface area (Å²) in [6.07, 6.45) is 5.08. The van der Waals surface area contributed by atoms with Crippen molar-refractivity contribution in [2.45, 2.75) is 63.6 Å². The number of ether oxygens (including phenoxy) is 1. The van der Waals surface area contributed by atoms with E-state index in [4.69, 9.17) is 9.15 Å². The van der Waals surface area contributed by atoms with Crippen molar-refractivity contribution in [3.05, 3.63) is 60.1 Å². The molecule has 1 aromatic heterocycles. The lowest BCUT2D eigenvalue weighted by Gasteiger charge is -2.46. The lowest BCUT2D eigenvalue weighted by atomic mass is 9.66. The van der Waals surface area contributed by atoms with Crippen LogP contribution in [0.25, 0.3) is 0 Å². The molecule has 2 N–H and O–H groups in total. The standard InChI is InChI=1S/C21H29NO2/c1-17(22-15-19-10-7-12-23-19)14-21(18-8-5-4-6-9-18)11-13-24-20(2,3)16-21/h4-10,12,17,22H,11,13-16H2,1-3H3/p+1/t17-,21+/m0/s1. The molecule has 1 aromatic carbocycles. The Hall–Kier alpha value is -1.58. The Balaban J connectivity index is 1.75. The predicted molar refractivity (Wildman–Crippen MR) is 95.8 cm³/mol. The van der Waals surface area contributed by atoms with Crippen LogP contribution in [0.15, 0.2) is 53.1 Å². The molecule has 0 amide bonds. The Bertz CT molecular complexity index is 621. The molecule has 1 saturated heterocycles. The van der Waals surface area contributed by atoms with E-state index in [0.717, 1.165) is 38.2 Å². The summed E-state index contributed by atoms with van der Waals surface area (Å²) < 4.78 is 11.5. The van der Waals surface area contributed by atoms with Crippen LogP contribution >= 0.6 is 0 Å². The topological polar surface area (TPSA) is 39.0 Å². The van der Waals surface area contributed by atoms with Crippen LogP contribution in [-0.4, -0.2) is 18.2 Å². The number of furan rings is 1. The summed E-state index contributed by atoms with van der Waals surface area (Å²) in [5, 5.41) is 2.39. The van der Waals surface area contributed by atoms with Crippen molar-refractivity contribution in [2.75, 3.05) is 6.61 Å². The van der Waals surface area contributed by atoms with Crippen molar-refractivity contribution >= 4 is 0 Å². The number of hydrogen-bond donors (Lipinski definition) is 1. The maximum absolute atomic E-state index is 6.02. The fraction of sp³-hybridized carbons (Fsp3) is 0.524. The minimum Gasteiger partial charge on any atom is -0.463 e. The second-order valence-electron chi connectivity index (χ2n) is 7.88. The van der Waals surface area contributed by atoms with Gasteiger partial charge in [0.1, 0.15) is 6.54 Å². The van der Waals surface area contributed by atoms with Gasteiger partial charge in [-0.2, -0.15) is 0 Å². The van der Waals surface area contributed by atoms with Crippen LogP contribution < -0.4 is 5.32 Å². The molecule has 0 bridgehead atoms. The maximum Gasteiger partial charge on any atom is 0.157 e. The van der Waals surface area contributed by atoms with Gasteiger partial charge in [-0.3, -0.25) is 0 Å². The highest BCUT2D eigenvalue weighted by Gasteiger charge is 2.43. The van der Waals surface area contributed by atoms with Gasteiger partial charge in [0.05, 0.1) is 17.9 Å². The van der Waals surface area contributed by atoms with Gasteiger partial charge in [0, 0.05) is 18.4 Å². The first kappa shape index (κ1) is 17.2. The maximum atomic E-state index is 6.02. The molecule has 0 radical (unpaired) electrons. The monoisotopic (exact) mass is 328 g/mol. The van der Waals surface area contributed by atoms with E-state index in [9.17, 15) is 0 Å². The molecule has 0 saturated carbocycles. The van der Waals surface area contributed by atoms with E-state index in [1.807, 2.05) is 12.1 Å². The number of hydrogen-bond acceptors (Lipinski definition) is 2. The molecule has 1 fully saturated rings. The Labute approximate surface area is 145 Å². The Morgan fingerprint density at radius 1 is 1.12 bits per heavy atom. The predicted octanol–water partition coefficient (Wildman–Crippen LogP) is 3.65. The Kier molecular flexibility index (Phi) is 5.12. The van der Waals surface area contributed by atoms with E-state index in [1.165, 1.54) is 5.56 Å². The van der Waals surface area contributed by atoms with E-state index in [0.29, 0.717) is 6.04 Å². The summed E-state index contributed by atoms with van der Waals surface area (Å²) in [7, 11) is 0. The van der Waals surface area contributed by atoms with Crippen molar-refractivity contribution in [3.8, 4) is 0 Å². The van der Waals surface area contributed by atoms with E-state index in [1.54, 1.807) is 6.26 Å². The Morgan fingerprint density at radius 3 is 2.58 bits per heavy atom. The normalized spacial score (nSPS) is 24.6. The minimum absolute atomic E-state index is 0.0607. The summed E-state index contributed by atoms with van der Waals surface area (Å²) in [5.74, 6) is 1.04. The SMILES string of the molecule is C[C@@H](C[C@]1(c2ccccc2)CCOC(C)(C)C1)[NH2+]Cc1ccco1. The highest BCUT2D eigenvalue weighted by atomic mass is 16.5. The van der Waals surface area contributed by atoms with Crippen molar-refractivity contribution in [1.29, 1.82) is 0 Å². The van der Waals surface area contributed by atoms with E-state index >= 15 is 0 Å². The molecule has 0 spiro atoms. The first-order valence-electron chi connectivity index (χ1n) is 9.04. The van der Waals surface area contributed by atoms with Crippen LogP contribution in [0.3, 0.4) is 0 Å². The van der Waals surface area contributed by atoms with Gasteiger partial charge in [0.2, 0.25) is 0 Å². The second-order valence-corrected chi connectivity index (χ2v) is 7.88. The zero-order valence-corrected chi connectivity index (χ0v) is 15.1. The molecule has 0 unspecified atom stereocenters. The molecule has 3 rings (SSSR count). The average Bonchev–Trinajstić information content (AvgIpc) is 3.06. The van der Waals surface area contributed by atoms with Crippen molar-refractivity contribution in [3.63, 3.8) is 0 Å². The Morgan fingerprint density at radius 2 is 1.92 bits per heavy atom. The van der Waals surface area contributed by atoms with Crippen LogP contribution in [0.2, 0.25) is 0 Å². The number of quaternary nitrogens is 1. The van der Waals surface area contributed by atoms with Crippen LogP contribution in [0.1, 0.15) is 51.4 Å². The first-order chi connectivity index (χ1) is 11.5. The molecule has 3 nitrogen and oxygen atoms in total. The molecule has 1 aliphatic heterocycles. The highest BCUT2D eigenvalue weighted by Crippen LogP contribution is 2.44. The fourth-order valence-electron chi connectivity index (χ4n) is 4.25. The average molecular weight is 328 g/mol. The molecule has 130 valence electrons. The van der Waals surface area contributed by atoms with E-state index in [-0.39, 0.29) is 11.0 Å². The molecule has 2 atom stereocenters. The molecular formula is C21H30NO2+. The van der Waals surface area contributed by atoms with E-state index < -0.39 is 0 Å². The van der Waals surface area contributed by atoms with Gasteiger partial charge >= 0.3 is 0 Å². The van der Waals surface area contributed by atoms with Gasteiger partial charge in [-0.15, -0.1) is 0 Å². The van der Waals surface area contributed by atoms with Crippen molar-refractivity contribution in [1.82, 2.24) is 0 Å². The number of rotatable bonds is 6. The van der Waals surface area contributed by atoms with Gasteiger partial charge in [-0.1, -0.05) is 30.3 Å². The summed E-state index contributed by atoms with van der Waals surface area (Å²) in [4.78, 5) is 0. The largest absolute Gasteiger partial charge is 0.463 e. The molecule has 0 aliphatic carbocycles. The van der Waals surface area contributed by atoms with Crippen LogP contribution in [0, 0.1) is 0 Å². The number of benzene rings is 1. The van der Waals surface area contributed by atoms with Gasteiger partial charge in [0.15, 0.2) is 5.76 Å². The zero-order chi connectivity index (χ0) is 17.0. The summed E-state index contributed by atoms with van der Waals surface area (Å²) in [5.41, 5.74) is 1.59. The van der Waals surface area contributed by atoms with Gasteiger partial charge in [0.25, 0.3) is 0 Å². The van der Waals surface area contributed by atoms with Crippen molar-refractivity contribution in [2.24, 2.45) is 0 Å². The molecule has 3 heteroatoms. The molecule has 1 aliphatic rings. The summed E-state index contributed by atoms with van der Waals surface area (Å²) in [6.45, 7) is 8.52. The minimum atomic E-state index is -0.0607. The lowest BCUT2D eigenvalue weighted by Crippen LogP contribution is -2.88. The fourth-order valence-corrected chi connectivity index (χ4v) is 4.25. The third-order valence-corrected chi connectivity index (χ3v) is 5.24. The summed E-state index contributed by atoms with van der Waals surface area (Å²) in [6, 6.07) is 15.6. The first-order valence-corrected chi connectivity index (χ1v) is 9.04. The summed E-state index contributed by atoms with van der Waals surface area (Å²) >= 11 is 0. The van der Waals surface area contributed by atoms with Crippen LogP contribution in [-0.2, 0) is 16.7 Å². The van der Waals surface area contributed by atoms with Crippen LogP contribution in [0.5, 0.6) is 0 Å². The molecule has 24 heavy (non-hydrogen) atoms. The zero-order valence-electron chi connectivity index (χ0n) is 15.1. The van der Waals surface area contributed by atoms with Gasteiger partial charge < -0.3 is 14.5 Å². The van der Waals surface area contributed by atoms with Crippen molar-refractivity contribution < 1.29 is 14.5 Å². The van der Waals surface area contributed by atoms with Gasteiger partial charge in [-0.25, -0.2) is 0 Å². The number of nitrogens with two attached hydrogens (primary N) is 1. The molecule has 2 heterocycles. The molecular weight excluding hydrogens is 298 g/mol. The quantitative estimate of drug-likeness (QED) is 0.879. The van der Waals surface area contributed by atoms with Gasteiger partial charge in [-0.05, 0) is 51.3 Å². The third kappa shape index (κ3) is 4.08. The second kappa shape index (κ2) is 7.12. The van der Waals surface area contributed by atoms with Crippen LogP contribution in [0.4, 0.5) is 0 Å². The third-order valence-electron chi connectivity index (χ3n) is 5.24. The molecule has 2 aromatic rings.